The zero-order valence-electron chi connectivity index (χ0n) is 12.9. The maximum atomic E-state index is 12.8. The number of rotatable bonds is 2. The van der Waals surface area contributed by atoms with E-state index in [1.165, 1.54) is 0 Å². The Hall–Kier alpha value is -1.75. The lowest BCUT2D eigenvalue weighted by Crippen LogP contribution is -2.44. The summed E-state index contributed by atoms with van der Waals surface area (Å²) in [4.78, 5) is 17.1. The van der Waals surface area contributed by atoms with Gasteiger partial charge in [0.1, 0.15) is 0 Å². The molecule has 1 aromatic rings. The van der Waals surface area contributed by atoms with Crippen LogP contribution in [0, 0.1) is 0 Å². The standard InChI is InChI=1S/C16H24N4O/c1-19-10-6-12(7-11-19)20(2)16(21)13-4-3-5-14-15(13)18-9-8-17-14/h3-5,12,17-18H,6-11H2,1-2H3. The van der Waals surface area contributed by atoms with Gasteiger partial charge in [-0.15, -0.1) is 0 Å². The first kappa shape index (κ1) is 14.2. The van der Waals surface area contributed by atoms with Gasteiger partial charge < -0.3 is 20.4 Å². The van der Waals surface area contributed by atoms with Gasteiger partial charge in [0, 0.05) is 26.2 Å². The number of piperidine rings is 1. The van der Waals surface area contributed by atoms with Crippen LogP contribution in [0.5, 0.6) is 0 Å². The van der Waals surface area contributed by atoms with Crippen LogP contribution in [0.2, 0.25) is 0 Å². The van der Waals surface area contributed by atoms with Crippen LogP contribution in [-0.2, 0) is 0 Å². The number of nitrogens with zero attached hydrogens (tertiary/aromatic N) is 2. The monoisotopic (exact) mass is 288 g/mol. The number of carbonyl (C=O) groups is 1. The highest BCUT2D eigenvalue weighted by Crippen LogP contribution is 2.30. The third-order valence-electron chi connectivity index (χ3n) is 4.59. The molecule has 0 aliphatic carbocycles. The molecule has 114 valence electrons. The number of hydrogen-bond donors (Lipinski definition) is 2. The molecular weight excluding hydrogens is 264 g/mol. The topological polar surface area (TPSA) is 47.6 Å². The van der Waals surface area contributed by atoms with Crippen molar-refractivity contribution in [3.63, 3.8) is 0 Å². The highest BCUT2D eigenvalue weighted by atomic mass is 16.2. The van der Waals surface area contributed by atoms with Crippen molar-refractivity contribution in [3.8, 4) is 0 Å². The molecule has 1 amide bonds. The molecule has 2 aliphatic heterocycles. The molecule has 1 aromatic carbocycles. The Kier molecular flexibility index (Phi) is 4.01. The first-order chi connectivity index (χ1) is 10.2. The van der Waals surface area contributed by atoms with E-state index in [9.17, 15) is 4.79 Å². The van der Waals surface area contributed by atoms with Crippen LogP contribution in [0.3, 0.4) is 0 Å². The minimum absolute atomic E-state index is 0.123. The maximum Gasteiger partial charge on any atom is 0.256 e. The van der Waals surface area contributed by atoms with Gasteiger partial charge in [0.2, 0.25) is 0 Å². The average Bonchev–Trinajstić information content (AvgIpc) is 2.53. The molecule has 0 saturated carbocycles. The van der Waals surface area contributed by atoms with Crippen LogP contribution in [0.1, 0.15) is 23.2 Å². The zero-order valence-corrected chi connectivity index (χ0v) is 12.9. The van der Waals surface area contributed by atoms with Crippen LogP contribution in [0.4, 0.5) is 11.4 Å². The van der Waals surface area contributed by atoms with E-state index < -0.39 is 0 Å². The summed E-state index contributed by atoms with van der Waals surface area (Å²) in [6.45, 7) is 3.88. The van der Waals surface area contributed by atoms with Gasteiger partial charge in [-0.3, -0.25) is 4.79 Å². The van der Waals surface area contributed by atoms with Crippen molar-refractivity contribution in [1.82, 2.24) is 9.80 Å². The maximum absolute atomic E-state index is 12.8. The fraction of sp³-hybridized carbons (Fsp3) is 0.562. The van der Waals surface area contributed by atoms with Crippen molar-refractivity contribution in [2.75, 3.05) is 50.9 Å². The molecule has 1 saturated heterocycles. The van der Waals surface area contributed by atoms with Gasteiger partial charge in [-0.05, 0) is 45.1 Å². The molecule has 0 spiro atoms. The summed E-state index contributed by atoms with van der Waals surface area (Å²) in [5.41, 5.74) is 2.76. The van der Waals surface area contributed by atoms with Gasteiger partial charge >= 0.3 is 0 Å². The first-order valence-corrected chi connectivity index (χ1v) is 7.73. The number of hydrogen-bond acceptors (Lipinski definition) is 4. The Bertz CT molecular complexity index is 523. The van der Waals surface area contributed by atoms with Gasteiger partial charge in [0.15, 0.2) is 0 Å². The molecule has 2 aliphatic rings. The summed E-state index contributed by atoms with van der Waals surface area (Å²) in [6, 6.07) is 6.25. The second-order valence-electron chi connectivity index (χ2n) is 6.03. The number of para-hydroxylation sites is 1. The molecule has 2 N–H and O–H groups in total. The molecular formula is C16H24N4O. The molecule has 0 unspecified atom stereocenters. The summed E-state index contributed by atoms with van der Waals surface area (Å²) in [5.74, 6) is 0.123. The molecule has 2 heterocycles. The second-order valence-corrected chi connectivity index (χ2v) is 6.03. The van der Waals surface area contributed by atoms with Crippen LogP contribution in [0.15, 0.2) is 18.2 Å². The van der Waals surface area contributed by atoms with Gasteiger partial charge in [-0.2, -0.15) is 0 Å². The minimum Gasteiger partial charge on any atom is -0.382 e. The molecule has 21 heavy (non-hydrogen) atoms. The molecule has 5 heteroatoms. The summed E-state index contributed by atoms with van der Waals surface area (Å²) in [6.07, 6.45) is 2.11. The largest absolute Gasteiger partial charge is 0.382 e. The van der Waals surface area contributed by atoms with E-state index in [-0.39, 0.29) is 5.91 Å². The van der Waals surface area contributed by atoms with Crippen molar-refractivity contribution in [3.05, 3.63) is 23.8 Å². The van der Waals surface area contributed by atoms with Crippen LogP contribution in [0.25, 0.3) is 0 Å². The number of benzene rings is 1. The molecule has 0 bridgehead atoms. The van der Waals surface area contributed by atoms with Crippen molar-refractivity contribution in [2.24, 2.45) is 0 Å². The number of carbonyl (C=O) groups excluding carboxylic acids is 1. The Morgan fingerprint density at radius 2 is 1.95 bits per heavy atom. The molecule has 1 fully saturated rings. The second kappa shape index (κ2) is 5.93. The van der Waals surface area contributed by atoms with E-state index in [1.54, 1.807) is 0 Å². The van der Waals surface area contributed by atoms with E-state index in [1.807, 2.05) is 30.1 Å². The van der Waals surface area contributed by atoms with Gasteiger partial charge in [-0.25, -0.2) is 0 Å². The Morgan fingerprint density at radius 3 is 2.71 bits per heavy atom. The molecule has 0 radical (unpaired) electrons. The van der Waals surface area contributed by atoms with E-state index in [2.05, 4.69) is 22.6 Å². The summed E-state index contributed by atoms with van der Waals surface area (Å²) in [7, 11) is 4.08. The van der Waals surface area contributed by atoms with Gasteiger partial charge in [0.25, 0.3) is 5.91 Å². The van der Waals surface area contributed by atoms with Crippen molar-refractivity contribution in [1.29, 1.82) is 0 Å². The number of anilines is 2. The fourth-order valence-electron chi connectivity index (χ4n) is 3.19. The third-order valence-corrected chi connectivity index (χ3v) is 4.59. The van der Waals surface area contributed by atoms with Crippen LogP contribution < -0.4 is 10.6 Å². The highest BCUT2D eigenvalue weighted by molar-refractivity contribution is 6.02. The predicted molar refractivity (Wildman–Crippen MR) is 86.0 cm³/mol. The summed E-state index contributed by atoms with van der Waals surface area (Å²) >= 11 is 0. The Labute approximate surface area is 126 Å². The zero-order chi connectivity index (χ0) is 14.8. The van der Waals surface area contributed by atoms with Crippen molar-refractivity contribution >= 4 is 17.3 Å². The first-order valence-electron chi connectivity index (χ1n) is 7.73. The number of nitrogens with one attached hydrogen (secondary N) is 2. The quantitative estimate of drug-likeness (QED) is 0.869. The van der Waals surface area contributed by atoms with E-state index >= 15 is 0 Å². The van der Waals surface area contributed by atoms with Crippen molar-refractivity contribution < 1.29 is 4.79 Å². The Morgan fingerprint density at radius 1 is 1.24 bits per heavy atom. The van der Waals surface area contributed by atoms with E-state index in [4.69, 9.17) is 0 Å². The lowest BCUT2D eigenvalue weighted by molar-refractivity contribution is 0.0660. The molecule has 0 aromatic heterocycles. The average molecular weight is 288 g/mol. The highest BCUT2D eigenvalue weighted by Gasteiger charge is 2.27. The van der Waals surface area contributed by atoms with Crippen LogP contribution in [-0.4, -0.2) is 62.0 Å². The number of fused-ring (bicyclic) bond motifs is 1. The molecule has 3 rings (SSSR count). The third kappa shape index (κ3) is 2.83. The SMILES string of the molecule is CN1CCC(N(C)C(=O)c2cccc3c2NCCN3)CC1. The lowest BCUT2D eigenvalue weighted by atomic mass is 10.0. The molecule has 5 nitrogen and oxygen atoms in total. The Balaban J connectivity index is 1.78. The van der Waals surface area contributed by atoms with Crippen molar-refractivity contribution in [2.45, 2.75) is 18.9 Å². The lowest BCUT2D eigenvalue weighted by Gasteiger charge is -2.35. The minimum atomic E-state index is 0.123. The fourth-order valence-corrected chi connectivity index (χ4v) is 3.19. The smallest absolute Gasteiger partial charge is 0.256 e. The normalized spacial score (nSPS) is 19.3. The number of likely N-dealkylation sites (tertiary alicyclic amines) is 1. The number of amides is 1. The van der Waals surface area contributed by atoms with Gasteiger partial charge in [0.05, 0.1) is 16.9 Å². The molecule has 0 atom stereocenters. The predicted octanol–water partition coefficient (Wildman–Crippen LogP) is 1.69. The van der Waals surface area contributed by atoms with Crippen LogP contribution >= 0.6 is 0 Å². The summed E-state index contributed by atoms with van der Waals surface area (Å²) in [5, 5.41) is 6.70. The van der Waals surface area contributed by atoms with Gasteiger partial charge in [-0.1, -0.05) is 6.07 Å². The van der Waals surface area contributed by atoms with E-state index in [0.29, 0.717) is 6.04 Å². The summed E-state index contributed by atoms with van der Waals surface area (Å²) < 4.78 is 0. The van der Waals surface area contributed by atoms with E-state index in [0.717, 1.165) is 56.0 Å².